The molecule has 1 aromatic carbocycles. The molecule has 0 aliphatic carbocycles. The Hall–Kier alpha value is -0.970. The average Bonchev–Trinajstić information content (AvgIpc) is 2.85. The summed E-state index contributed by atoms with van der Waals surface area (Å²) in [6.45, 7) is 2.39. The van der Waals surface area contributed by atoms with Crippen molar-refractivity contribution in [3.63, 3.8) is 0 Å². The Morgan fingerprint density at radius 2 is 2.29 bits per heavy atom. The van der Waals surface area contributed by atoms with Crippen LogP contribution in [0.5, 0.6) is 0 Å². The second-order valence-corrected chi connectivity index (χ2v) is 4.31. The number of hydrogen-bond donors (Lipinski definition) is 1. The van der Waals surface area contributed by atoms with Crippen LogP contribution in [-0.4, -0.2) is 26.4 Å². The molecule has 1 aliphatic heterocycles. The normalized spacial score (nSPS) is 21.6. The number of ether oxygens (including phenoxy) is 2. The molecule has 1 aromatic rings. The van der Waals surface area contributed by atoms with Crippen molar-refractivity contribution >= 4 is 0 Å². The van der Waals surface area contributed by atoms with Crippen molar-refractivity contribution in [2.24, 2.45) is 11.7 Å². The molecule has 0 amide bonds. The molecule has 17 heavy (non-hydrogen) atoms. The summed E-state index contributed by atoms with van der Waals surface area (Å²) in [5.41, 5.74) is 6.17. The SMILES string of the molecule is NCC(OCC1CCOC1)c1ccccc1F. The lowest BCUT2D eigenvalue weighted by Gasteiger charge is -2.19. The zero-order chi connectivity index (χ0) is 12.1. The first-order chi connectivity index (χ1) is 8.31. The molecular weight excluding hydrogens is 221 g/mol. The lowest BCUT2D eigenvalue weighted by atomic mass is 10.1. The van der Waals surface area contributed by atoms with E-state index in [1.807, 2.05) is 0 Å². The van der Waals surface area contributed by atoms with Crippen LogP contribution < -0.4 is 5.73 Å². The minimum atomic E-state index is -0.364. The number of rotatable bonds is 5. The van der Waals surface area contributed by atoms with E-state index in [0.29, 0.717) is 18.1 Å². The summed E-state index contributed by atoms with van der Waals surface area (Å²) in [5.74, 6) is 0.154. The summed E-state index contributed by atoms with van der Waals surface area (Å²) in [4.78, 5) is 0. The Kier molecular flexibility index (Phi) is 4.48. The van der Waals surface area contributed by atoms with Gasteiger partial charge in [-0.2, -0.15) is 0 Å². The molecule has 2 atom stereocenters. The quantitative estimate of drug-likeness (QED) is 0.853. The van der Waals surface area contributed by atoms with Gasteiger partial charge in [-0.25, -0.2) is 4.39 Å². The van der Waals surface area contributed by atoms with E-state index in [1.54, 1.807) is 18.2 Å². The van der Waals surface area contributed by atoms with Gasteiger partial charge in [0, 0.05) is 24.6 Å². The molecule has 2 unspecified atom stereocenters. The summed E-state index contributed by atoms with van der Waals surface area (Å²) >= 11 is 0. The van der Waals surface area contributed by atoms with Crippen LogP contribution in [0.3, 0.4) is 0 Å². The molecule has 3 nitrogen and oxygen atoms in total. The monoisotopic (exact) mass is 239 g/mol. The molecule has 0 aromatic heterocycles. The van der Waals surface area contributed by atoms with Crippen molar-refractivity contribution in [1.82, 2.24) is 0 Å². The van der Waals surface area contributed by atoms with Gasteiger partial charge >= 0.3 is 0 Å². The van der Waals surface area contributed by atoms with Crippen molar-refractivity contribution in [3.05, 3.63) is 35.6 Å². The van der Waals surface area contributed by atoms with Gasteiger partial charge in [0.15, 0.2) is 0 Å². The second-order valence-electron chi connectivity index (χ2n) is 4.31. The highest BCUT2D eigenvalue weighted by Gasteiger charge is 2.20. The van der Waals surface area contributed by atoms with E-state index in [4.69, 9.17) is 15.2 Å². The van der Waals surface area contributed by atoms with Gasteiger partial charge < -0.3 is 15.2 Å². The minimum absolute atomic E-state index is 0.259. The smallest absolute Gasteiger partial charge is 0.129 e. The number of benzene rings is 1. The fourth-order valence-electron chi connectivity index (χ4n) is 1.99. The Balaban J connectivity index is 1.94. The lowest BCUT2D eigenvalue weighted by molar-refractivity contribution is 0.0283. The Morgan fingerprint density at radius 1 is 1.47 bits per heavy atom. The maximum absolute atomic E-state index is 13.6. The van der Waals surface area contributed by atoms with E-state index in [0.717, 1.165) is 19.6 Å². The Labute approximate surface area is 101 Å². The lowest BCUT2D eigenvalue weighted by Crippen LogP contribution is -2.20. The largest absolute Gasteiger partial charge is 0.381 e. The maximum Gasteiger partial charge on any atom is 0.129 e. The summed E-state index contributed by atoms with van der Waals surface area (Å²) in [7, 11) is 0. The highest BCUT2D eigenvalue weighted by Crippen LogP contribution is 2.22. The van der Waals surface area contributed by atoms with Gasteiger partial charge in [0.25, 0.3) is 0 Å². The fourth-order valence-corrected chi connectivity index (χ4v) is 1.99. The molecule has 1 heterocycles. The minimum Gasteiger partial charge on any atom is -0.381 e. The highest BCUT2D eigenvalue weighted by molar-refractivity contribution is 5.20. The topological polar surface area (TPSA) is 44.5 Å². The van der Waals surface area contributed by atoms with Gasteiger partial charge in [-0.3, -0.25) is 0 Å². The van der Waals surface area contributed by atoms with Crippen molar-refractivity contribution in [2.75, 3.05) is 26.4 Å². The molecule has 1 fully saturated rings. The van der Waals surface area contributed by atoms with E-state index in [1.165, 1.54) is 6.07 Å². The standard InChI is InChI=1S/C13H18FNO2/c14-12-4-2-1-3-11(12)13(7-15)17-9-10-5-6-16-8-10/h1-4,10,13H,5-9,15H2. The van der Waals surface area contributed by atoms with E-state index < -0.39 is 0 Å². The zero-order valence-electron chi connectivity index (χ0n) is 9.77. The predicted molar refractivity (Wildman–Crippen MR) is 63.1 cm³/mol. The third-order valence-corrected chi connectivity index (χ3v) is 3.02. The van der Waals surface area contributed by atoms with Gasteiger partial charge in [0.05, 0.1) is 19.3 Å². The summed E-state index contributed by atoms with van der Waals surface area (Å²) < 4.78 is 24.5. The number of hydrogen-bond acceptors (Lipinski definition) is 3. The van der Waals surface area contributed by atoms with Gasteiger partial charge in [-0.05, 0) is 12.5 Å². The molecule has 0 radical (unpaired) electrons. The molecule has 2 N–H and O–H groups in total. The third-order valence-electron chi connectivity index (χ3n) is 3.02. The van der Waals surface area contributed by atoms with E-state index in [-0.39, 0.29) is 18.5 Å². The van der Waals surface area contributed by atoms with E-state index in [2.05, 4.69) is 0 Å². The van der Waals surface area contributed by atoms with Crippen LogP contribution in [0.25, 0.3) is 0 Å². The van der Waals surface area contributed by atoms with Crippen LogP contribution in [0.4, 0.5) is 4.39 Å². The third kappa shape index (κ3) is 3.25. The molecular formula is C13H18FNO2. The first kappa shape index (κ1) is 12.5. The van der Waals surface area contributed by atoms with Gasteiger partial charge in [-0.1, -0.05) is 18.2 Å². The van der Waals surface area contributed by atoms with Gasteiger partial charge in [0.1, 0.15) is 5.82 Å². The predicted octanol–water partition coefficient (Wildman–Crippen LogP) is 1.88. The van der Waals surface area contributed by atoms with Crippen LogP contribution in [0.1, 0.15) is 18.1 Å². The van der Waals surface area contributed by atoms with Crippen LogP contribution in [-0.2, 0) is 9.47 Å². The molecule has 0 bridgehead atoms. The second kappa shape index (κ2) is 6.10. The first-order valence-electron chi connectivity index (χ1n) is 5.95. The van der Waals surface area contributed by atoms with Crippen LogP contribution in [0.15, 0.2) is 24.3 Å². The van der Waals surface area contributed by atoms with Crippen LogP contribution in [0.2, 0.25) is 0 Å². The number of halogens is 1. The molecule has 4 heteroatoms. The van der Waals surface area contributed by atoms with Crippen molar-refractivity contribution in [2.45, 2.75) is 12.5 Å². The highest BCUT2D eigenvalue weighted by atomic mass is 19.1. The molecule has 0 spiro atoms. The maximum atomic E-state index is 13.6. The van der Waals surface area contributed by atoms with E-state index in [9.17, 15) is 4.39 Å². The van der Waals surface area contributed by atoms with Crippen molar-refractivity contribution in [3.8, 4) is 0 Å². The molecule has 2 rings (SSSR count). The number of nitrogens with two attached hydrogens (primary N) is 1. The Morgan fingerprint density at radius 3 is 2.94 bits per heavy atom. The fraction of sp³-hybridized carbons (Fsp3) is 0.538. The van der Waals surface area contributed by atoms with Crippen LogP contribution >= 0.6 is 0 Å². The molecule has 94 valence electrons. The Bertz CT molecular complexity index is 353. The molecule has 0 saturated carbocycles. The zero-order valence-corrected chi connectivity index (χ0v) is 9.77. The molecule has 1 saturated heterocycles. The van der Waals surface area contributed by atoms with Crippen LogP contribution in [0, 0.1) is 11.7 Å². The van der Waals surface area contributed by atoms with Gasteiger partial charge in [0.2, 0.25) is 0 Å². The molecule has 1 aliphatic rings. The van der Waals surface area contributed by atoms with E-state index >= 15 is 0 Å². The first-order valence-corrected chi connectivity index (χ1v) is 5.95. The summed E-state index contributed by atoms with van der Waals surface area (Å²) in [6.07, 6.45) is 0.644. The van der Waals surface area contributed by atoms with Crippen molar-refractivity contribution < 1.29 is 13.9 Å². The average molecular weight is 239 g/mol. The van der Waals surface area contributed by atoms with Gasteiger partial charge in [-0.15, -0.1) is 0 Å². The summed E-state index contributed by atoms with van der Waals surface area (Å²) in [5, 5.41) is 0. The van der Waals surface area contributed by atoms with Crippen molar-refractivity contribution in [1.29, 1.82) is 0 Å². The summed E-state index contributed by atoms with van der Waals surface area (Å²) in [6, 6.07) is 6.61.